The van der Waals surface area contributed by atoms with Crippen molar-refractivity contribution in [2.45, 2.75) is 27.7 Å². The summed E-state index contributed by atoms with van der Waals surface area (Å²) in [6.07, 6.45) is 2.07. The molecule has 2 rings (SSSR count). The fraction of sp³-hybridized carbons (Fsp3) is 0.286. The van der Waals surface area contributed by atoms with E-state index in [9.17, 15) is 4.39 Å². The van der Waals surface area contributed by atoms with E-state index in [4.69, 9.17) is 0 Å². The highest BCUT2D eigenvalue weighted by Gasteiger charge is 2.14. The normalized spacial score (nSPS) is 12.4. The van der Waals surface area contributed by atoms with Crippen LogP contribution in [0.2, 0.25) is 0 Å². The Morgan fingerprint density at radius 3 is 2.56 bits per heavy atom. The van der Waals surface area contributed by atoms with E-state index in [1.54, 1.807) is 17.4 Å². The van der Waals surface area contributed by atoms with Crippen molar-refractivity contribution in [1.29, 1.82) is 0 Å². The second kappa shape index (κ2) is 4.02. The van der Waals surface area contributed by atoms with Crippen LogP contribution in [0.4, 0.5) is 4.39 Å². The fourth-order valence-corrected chi connectivity index (χ4v) is 3.34. The molecule has 1 aromatic carbocycles. The van der Waals surface area contributed by atoms with E-state index in [1.165, 1.54) is 16.0 Å². The maximum atomic E-state index is 13.7. The van der Waals surface area contributed by atoms with Crippen LogP contribution in [-0.2, 0) is 0 Å². The molecule has 0 unspecified atom stereocenters. The molecule has 0 aliphatic heterocycles. The summed E-state index contributed by atoms with van der Waals surface area (Å²) in [7, 11) is 0. The van der Waals surface area contributed by atoms with Crippen molar-refractivity contribution < 1.29 is 4.39 Å². The lowest BCUT2D eigenvalue weighted by Crippen LogP contribution is -1.81. The molecule has 0 spiro atoms. The van der Waals surface area contributed by atoms with E-state index in [-0.39, 0.29) is 5.82 Å². The van der Waals surface area contributed by atoms with Crippen LogP contribution in [0.15, 0.2) is 18.2 Å². The highest BCUT2D eigenvalue weighted by molar-refractivity contribution is 7.20. The van der Waals surface area contributed by atoms with Crippen LogP contribution in [0.3, 0.4) is 0 Å². The predicted molar refractivity (Wildman–Crippen MR) is 70.6 cm³/mol. The standard InChI is InChI=1S/C14H15FS/c1-5-8(2)13-10(4)12-9(3)6-7-11(15)14(12)16-13/h5-7H,1-4H3/b8-5-. The second-order valence-electron chi connectivity index (χ2n) is 4.10. The second-order valence-corrected chi connectivity index (χ2v) is 5.12. The van der Waals surface area contributed by atoms with Crippen molar-refractivity contribution in [2.24, 2.45) is 0 Å². The van der Waals surface area contributed by atoms with Gasteiger partial charge in [-0.05, 0) is 50.5 Å². The Kier molecular flexibility index (Phi) is 2.85. The summed E-state index contributed by atoms with van der Waals surface area (Å²) < 4.78 is 14.5. The molecule has 0 N–H and O–H groups in total. The van der Waals surface area contributed by atoms with Gasteiger partial charge in [0.15, 0.2) is 0 Å². The lowest BCUT2D eigenvalue weighted by Gasteiger charge is -2.00. The van der Waals surface area contributed by atoms with Gasteiger partial charge in [0.25, 0.3) is 0 Å². The molecule has 1 aromatic heterocycles. The Bertz CT molecular complexity index is 576. The zero-order chi connectivity index (χ0) is 11.9. The first-order valence-electron chi connectivity index (χ1n) is 5.37. The van der Waals surface area contributed by atoms with Gasteiger partial charge in [-0.3, -0.25) is 0 Å². The molecule has 0 aliphatic carbocycles. The minimum atomic E-state index is -0.108. The summed E-state index contributed by atoms with van der Waals surface area (Å²) in [5, 5.41) is 1.08. The van der Waals surface area contributed by atoms with Crippen LogP contribution >= 0.6 is 11.3 Å². The Morgan fingerprint density at radius 2 is 2.00 bits per heavy atom. The number of hydrogen-bond donors (Lipinski definition) is 0. The quantitative estimate of drug-likeness (QED) is 0.645. The van der Waals surface area contributed by atoms with Gasteiger partial charge in [-0.1, -0.05) is 12.1 Å². The summed E-state index contributed by atoms with van der Waals surface area (Å²) in [6.45, 7) is 8.21. The molecule has 2 aromatic rings. The molecule has 0 atom stereocenters. The molecular weight excluding hydrogens is 219 g/mol. The molecule has 2 heteroatoms. The fourth-order valence-electron chi connectivity index (χ4n) is 2.02. The molecule has 0 fully saturated rings. The lowest BCUT2D eigenvalue weighted by atomic mass is 10.0. The number of hydrogen-bond acceptors (Lipinski definition) is 1. The van der Waals surface area contributed by atoms with E-state index >= 15 is 0 Å². The van der Waals surface area contributed by atoms with Gasteiger partial charge in [0.1, 0.15) is 5.82 Å². The third-order valence-corrected chi connectivity index (χ3v) is 4.46. The van der Waals surface area contributed by atoms with Gasteiger partial charge >= 0.3 is 0 Å². The SMILES string of the molecule is C/C=C(/C)c1sc2c(F)ccc(C)c2c1C. The molecule has 1 heterocycles. The van der Waals surface area contributed by atoms with E-state index < -0.39 is 0 Å². The van der Waals surface area contributed by atoms with Gasteiger partial charge in [-0.15, -0.1) is 11.3 Å². The minimum absolute atomic E-state index is 0.108. The summed E-state index contributed by atoms with van der Waals surface area (Å²) in [4.78, 5) is 1.20. The molecule has 0 saturated carbocycles. The Morgan fingerprint density at radius 1 is 1.31 bits per heavy atom. The van der Waals surface area contributed by atoms with Gasteiger partial charge < -0.3 is 0 Å². The Labute approximate surface area is 99.4 Å². The van der Waals surface area contributed by atoms with Crippen molar-refractivity contribution >= 4 is 27.0 Å². The van der Waals surface area contributed by atoms with E-state index in [0.717, 1.165) is 15.6 Å². The summed E-state index contributed by atoms with van der Waals surface area (Å²) in [5.74, 6) is -0.108. The van der Waals surface area contributed by atoms with Crippen molar-refractivity contribution in [3.05, 3.63) is 40.0 Å². The van der Waals surface area contributed by atoms with Crippen molar-refractivity contribution in [2.75, 3.05) is 0 Å². The molecule has 0 saturated heterocycles. The summed E-state index contributed by atoms with van der Waals surface area (Å²) >= 11 is 1.55. The number of benzene rings is 1. The number of halogens is 1. The maximum absolute atomic E-state index is 13.7. The number of allylic oxidation sites excluding steroid dienone is 2. The molecule has 0 aliphatic rings. The first-order chi connectivity index (χ1) is 7.56. The van der Waals surface area contributed by atoms with Gasteiger partial charge in [-0.25, -0.2) is 4.39 Å². The van der Waals surface area contributed by atoms with Crippen LogP contribution in [0.5, 0.6) is 0 Å². The third-order valence-electron chi connectivity index (χ3n) is 3.03. The number of thiophene rings is 1. The monoisotopic (exact) mass is 234 g/mol. The average molecular weight is 234 g/mol. The lowest BCUT2D eigenvalue weighted by molar-refractivity contribution is 0.641. The first kappa shape index (κ1) is 11.3. The summed E-state index contributed by atoms with van der Waals surface area (Å²) in [5.41, 5.74) is 3.57. The van der Waals surface area contributed by atoms with E-state index in [2.05, 4.69) is 19.9 Å². The Hall–Kier alpha value is -1.15. The van der Waals surface area contributed by atoms with Crippen molar-refractivity contribution in [3.63, 3.8) is 0 Å². The smallest absolute Gasteiger partial charge is 0.141 e. The zero-order valence-electron chi connectivity index (χ0n) is 10.0. The third kappa shape index (κ3) is 1.57. The minimum Gasteiger partial charge on any atom is -0.205 e. The predicted octanol–water partition coefficient (Wildman–Crippen LogP) is 5.08. The number of rotatable bonds is 1. The molecule has 0 nitrogen and oxygen atoms in total. The van der Waals surface area contributed by atoms with Crippen LogP contribution in [-0.4, -0.2) is 0 Å². The molecule has 0 amide bonds. The van der Waals surface area contributed by atoms with Gasteiger partial charge in [0.2, 0.25) is 0 Å². The average Bonchev–Trinajstić information content (AvgIpc) is 2.62. The highest BCUT2D eigenvalue weighted by atomic mass is 32.1. The van der Waals surface area contributed by atoms with E-state index in [1.807, 2.05) is 19.9 Å². The van der Waals surface area contributed by atoms with Crippen LogP contribution in [0.25, 0.3) is 15.7 Å². The molecule has 16 heavy (non-hydrogen) atoms. The maximum Gasteiger partial charge on any atom is 0.141 e. The first-order valence-corrected chi connectivity index (χ1v) is 6.19. The van der Waals surface area contributed by atoms with Crippen molar-refractivity contribution in [3.8, 4) is 0 Å². The zero-order valence-corrected chi connectivity index (χ0v) is 10.8. The molecule has 0 radical (unpaired) electrons. The van der Waals surface area contributed by atoms with Gasteiger partial charge in [0, 0.05) is 10.3 Å². The molecule has 84 valence electrons. The Balaban J connectivity index is 2.88. The van der Waals surface area contributed by atoms with Crippen LogP contribution in [0, 0.1) is 19.7 Å². The highest BCUT2D eigenvalue weighted by Crippen LogP contribution is 2.38. The largest absolute Gasteiger partial charge is 0.205 e. The van der Waals surface area contributed by atoms with Crippen LogP contribution in [0.1, 0.15) is 29.9 Å². The van der Waals surface area contributed by atoms with E-state index in [0.29, 0.717) is 0 Å². The number of fused-ring (bicyclic) bond motifs is 1. The topological polar surface area (TPSA) is 0 Å². The van der Waals surface area contributed by atoms with Crippen LogP contribution < -0.4 is 0 Å². The summed E-state index contributed by atoms with van der Waals surface area (Å²) in [6, 6.07) is 3.41. The van der Waals surface area contributed by atoms with Crippen molar-refractivity contribution in [1.82, 2.24) is 0 Å². The van der Waals surface area contributed by atoms with Gasteiger partial charge in [-0.2, -0.15) is 0 Å². The molecular formula is C14H15FS. The number of aryl methyl sites for hydroxylation is 2. The van der Waals surface area contributed by atoms with Gasteiger partial charge in [0.05, 0.1) is 4.70 Å². The molecule has 0 bridgehead atoms.